The molecule has 1 radical (unpaired) electrons. The van der Waals surface area contributed by atoms with Crippen LogP contribution in [-0.4, -0.2) is 27.4 Å². The molecule has 0 amide bonds. The van der Waals surface area contributed by atoms with Crippen LogP contribution < -0.4 is 0 Å². The molecule has 3 aromatic rings. The van der Waals surface area contributed by atoms with Gasteiger partial charge in [-0.25, -0.2) is 0 Å². The molecule has 4 unspecified atom stereocenters. The van der Waals surface area contributed by atoms with Crippen LogP contribution in [0.4, 0.5) is 0 Å². The molecular formula is C34H46IrNO2-. The van der Waals surface area contributed by atoms with E-state index in [1.165, 1.54) is 22.8 Å². The van der Waals surface area contributed by atoms with Gasteiger partial charge >= 0.3 is 0 Å². The van der Waals surface area contributed by atoms with Crippen molar-refractivity contribution in [2.45, 2.75) is 98.7 Å². The Hall–Kier alpha value is -1.58. The number of aryl methyl sites for hydroxylation is 2. The standard InChI is InChI=1S/C17H14N.C17H32O2.Ir/c1-12-7-13(2)9-16(8-12)17-10-14-5-3-4-6-15(14)11-18-17;1-5-16(6-2)10-9-12-11-17(7-3,8-4)15(19)13(12)14(16)18;/h3-8,10-11H,1-2H3;12-15,18-19H,5-11H2,1-4H3;/q-1;;. The predicted molar refractivity (Wildman–Crippen MR) is 154 cm³/mol. The van der Waals surface area contributed by atoms with Gasteiger partial charge in [-0.3, -0.25) is 0 Å². The largest absolute Gasteiger partial charge is 0.392 e. The smallest absolute Gasteiger partial charge is 0.0651 e. The van der Waals surface area contributed by atoms with Gasteiger partial charge in [-0.05, 0) is 78.2 Å². The van der Waals surface area contributed by atoms with Gasteiger partial charge in [-0.1, -0.05) is 71.9 Å². The van der Waals surface area contributed by atoms with E-state index in [2.05, 4.69) is 89.0 Å². The monoisotopic (exact) mass is 693 g/mol. The molecule has 2 aliphatic rings. The average molecular weight is 693 g/mol. The van der Waals surface area contributed by atoms with Crippen LogP contribution in [0.25, 0.3) is 22.0 Å². The summed E-state index contributed by atoms with van der Waals surface area (Å²) in [6.07, 6.45) is 8.91. The molecule has 2 fully saturated rings. The molecule has 2 N–H and O–H groups in total. The fourth-order valence-electron chi connectivity index (χ4n) is 7.44. The van der Waals surface area contributed by atoms with Crippen LogP contribution in [0, 0.1) is 42.6 Å². The zero-order valence-corrected chi connectivity index (χ0v) is 26.4. The summed E-state index contributed by atoms with van der Waals surface area (Å²) in [5.74, 6) is 0.657. The zero-order valence-electron chi connectivity index (χ0n) is 24.1. The van der Waals surface area contributed by atoms with E-state index in [1.807, 2.05) is 12.3 Å². The van der Waals surface area contributed by atoms with Crippen molar-refractivity contribution in [3.8, 4) is 11.3 Å². The normalized spacial score (nSPS) is 25.2. The molecule has 38 heavy (non-hydrogen) atoms. The predicted octanol–water partition coefficient (Wildman–Crippen LogP) is 8.07. The number of nitrogens with zero attached hydrogens (tertiary/aromatic N) is 1. The fourth-order valence-corrected chi connectivity index (χ4v) is 7.44. The first-order valence-corrected chi connectivity index (χ1v) is 14.4. The Bertz CT molecular complexity index is 1170. The van der Waals surface area contributed by atoms with Crippen molar-refractivity contribution in [3.05, 3.63) is 65.9 Å². The molecular weight excluding hydrogens is 647 g/mol. The molecule has 4 heteroatoms. The maximum Gasteiger partial charge on any atom is 0.0651 e. The molecule has 4 atom stereocenters. The summed E-state index contributed by atoms with van der Waals surface area (Å²) in [7, 11) is 0. The minimum atomic E-state index is -0.309. The zero-order chi connectivity index (χ0) is 26.8. The second kappa shape index (κ2) is 12.7. The molecule has 5 rings (SSSR count). The summed E-state index contributed by atoms with van der Waals surface area (Å²) in [6, 6.07) is 18.0. The third kappa shape index (κ3) is 5.80. The molecule has 3 nitrogen and oxygen atoms in total. The number of rotatable bonds is 5. The Labute approximate surface area is 243 Å². The maximum absolute atomic E-state index is 10.9. The molecule has 0 saturated heterocycles. The molecule has 2 aliphatic carbocycles. The van der Waals surface area contributed by atoms with Crippen LogP contribution in [0.2, 0.25) is 0 Å². The van der Waals surface area contributed by atoms with E-state index >= 15 is 0 Å². The second-order valence-electron chi connectivity index (χ2n) is 11.8. The van der Waals surface area contributed by atoms with E-state index in [0.29, 0.717) is 5.92 Å². The molecule has 209 valence electrons. The van der Waals surface area contributed by atoms with Crippen molar-refractivity contribution in [2.75, 3.05) is 0 Å². The third-order valence-corrected chi connectivity index (χ3v) is 10.1. The maximum atomic E-state index is 10.9. The number of hydrogen-bond acceptors (Lipinski definition) is 3. The first-order chi connectivity index (χ1) is 17.7. The van der Waals surface area contributed by atoms with Gasteiger partial charge in [-0.2, -0.15) is 0 Å². The summed E-state index contributed by atoms with van der Waals surface area (Å²) < 4.78 is 0. The first-order valence-electron chi connectivity index (χ1n) is 14.4. The van der Waals surface area contributed by atoms with Crippen molar-refractivity contribution < 1.29 is 30.3 Å². The molecule has 0 aliphatic heterocycles. The van der Waals surface area contributed by atoms with Crippen LogP contribution in [0.1, 0.15) is 83.8 Å². The average Bonchev–Trinajstić information content (AvgIpc) is 3.21. The van der Waals surface area contributed by atoms with Gasteiger partial charge in [-0.15, -0.1) is 34.9 Å². The minimum Gasteiger partial charge on any atom is -0.392 e. The quantitative estimate of drug-likeness (QED) is 0.266. The molecule has 0 spiro atoms. The van der Waals surface area contributed by atoms with Gasteiger partial charge in [0.2, 0.25) is 0 Å². The molecule has 2 aromatic carbocycles. The number of aliphatic hydroxyl groups is 2. The van der Waals surface area contributed by atoms with Gasteiger partial charge < -0.3 is 15.2 Å². The van der Waals surface area contributed by atoms with E-state index in [-0.39, 0.29) is 49.1 Å². The molecule has 1 heterocycles. The van der Waals surface area contributed by atoms with Crippen molar-refractivity contribution in [1.82, 2.24) is 4.98 Å². The van der Waals surface area contributed by atoms with Crippen molar-refractivity contribution in [3.63, 3.8) is 0 Å². The van der Waals surface area contributed by atoms with Gasteiger partial charge in [0.25, 0.3) is 0 Å². The van der Waals surface area contributed by atoms with Crippen molar-refractivity contribution in [1.29, 1.82) is 0 Å². The summed E-state index contributed by atoms with van der Waals surface area (Å²) in [4.78, 5) is 4.53. The van der Waals surface area contributed by atoms with Gasteiger partial charge in [0, 0.05) is 32.2 Å². The van der Waals surface area contributed by atoms with Crippen LogP contribution in [0.3, 0.4) is 0 Å². The van der Waals surface area contributed by atoms with E-state index in [4.69, 9.17) is 0 Å². The topological polar surface area (TPSA) is 53.4 Å². The summed E-state index contributed by atoms with van der Waals surface area (Å²) in [5.41, 5.74) is 4.57. The number of fused-ring (bicyclic) bond motifs is 2. The summed E-state index contributed by atoms with van der Waals surface area (Å²) in [5, 5.41) is 24.2. The molecule has 0 bridgehead atoms. The number of aromatic nitrogens is 1. The Morgan fingerprint density at radius 1 is 0.868 bits per heavy atom. The third-order valence-electron chi connectivity index (χ3n) is 10.1. The first kappa shape index (κ1) is 31.0. The van der Waals surface area contributed by atoms with Crippen LogP contribution in [0.15, 0.2) is 48.7 Å². The van der Waals surface area contributed by atoms with E-state index < -0.39 is 0 Å². The molecule has 1 aromatic heterocycles. The van der Waals surface area contributed by atoms with Crippen molar-refractivity contribution >= 4 is 10.8 Å². The molecule has 2 saturated carbocycles. The Morgan fingerprint density at radius 2 is 1.47 bits per heavy atom. The summed E-state index contributed by atoms with van der Waals surface area (Å²) in [6.45, 7) is 13.0. The van der Waals surface area contributed by atoms with Gasteiger partial charge in [0.15, 0.2) is 0 Å². The number of benzene rings is 2. The van der Waals surface area contributed by atoms with Crippen molar-refractivity contribution in [2.24, 2.45) is 22.7 Å². The van der Waals surface area contributed by atoms with Crippen LogP contribution in [0.5, 0.6) is 0 Å². The Balaban J connectivity index is 0.000000205. The van der Waals surface area contributed by atoms with Crippen LogP contribution >= 0.6 is 0 Å². The fraction of sp³-hybridized carbons (Fsp3) is 0.559. The second-order valence-corrected chi connectivity index (χ2v) is 11.8. The summed E-state index contributed by atoms with van der Waals surface area (Å²) >= 11 is 0. The van der Waals surface area contributed by atoms with Crippen LogP contribution in [-0.2, 0) is 20.1 Å². The minimum absolute atomic E-state index is 0. The number of hydrogen-bond donors (Lipinski definition) is 2. The Kier molecular flexibility index (Phi) is 10.4. The van der Waals surface area contributed by atoms with E-state index in [1.54, 1.807) is 0 Å². The SMILES string of the molecule is CCC1(CC)CCC2CC(CC)(CC)C(O)C2C1O.Cc1[c-]c(-c2cc3ccccc3cn2)cc(C)c1.[Ir]. The van der Waals surface area contributed by atoms with E-state index in [0.717, 1.165) is 55.3 Å². The number of pyridine rings is 1. The Morgan fingerprint density at radius 3 is 2.08 bits per heavy atom. The van der Waals surface area contributed by atoms with Gasteiger partial charge in [0.1, 0.15) is 0 Å². The van der Waals surface area contributed by atoms with Gasteiger partial charge in [0.05, 0.1) is 12.2 Å². The number of aliphatic hydroxyl groups excluding tert-OH is 2. The van der Waals surface area contributed by atoms with E-state index in [9.17, 15) is 10.2 Å².